The minimum absolute atomic E-state index is 0.0150. The Bertz CT molecular complexity index is 114. The number of aliphatic hydroxyl groups is 1. The van der Waals surface area contributed by atoms with Crippen molar-refractivity contribution in [2.45, 2.75) is 44.5 Å². The van der Waals surface area contributed by atoms with Crippen LogP contribution in [0.4, 0.5) is 0 Å². The van der Waals surface area contributed by atoms with Crippen molar-refractivity contribution in [3.05, 3.63) is 0 Å². The van der Waals surface area contributed by atoms with Gasteiger partial charge in [0.2, 0.25) is 0 Å². The van der Waals surface area contributed by atoms with E-state index in [0.29, 0.717) is 5.25 Å². The summed E-state index contributed by atoms with van der Waals surface area (Å²) in [5, 5.41) is 10.0. The molecule has 1 N–H and O–H groups in total. The summed E-state index contributed by atoms with van der Waals surface area (Å²) in [6.07, 6.45) is 3.45. The molecule has 11 heavy (non-hydrogen) atoms. The molecule has 0 amide bonds. The molecule has 0 spiro atoms. The second-order valence-corrected chi connectivity index (χ2v) is 5.04. The van der Waals surface area contributed by atoms with Crippen LogP contribution in [0, 0.1) is 5.92 Å². The summed E-state index contributed by atoms with van der Waals surface area (Å²) in [4.78, 5) is 0. The highest BCUT2D eigenvalue weighted by atomic mass is 32.2. The predicted octanol–water partition coefficient (Wildman–Crippen LogP) is 2.29. The lowest BCUT2D eigenvalue weighted by molar-refractivity contribution is 0.188. The van der Waals surface area contributed by atoms with E-state index in [1.54, 1.807) is 0 Å². The molecule has 1 aliphatic carbocycles. The maximum atomic E-state index is 9.48. The Balaban J connectivity index is 2.15. The minimum Gasteiger partial charge on any atom is -0.392 e. The Kier molecular flexibility index (Phi) is 3.73. The first-order chi connectivity index (χ1) is 5.20. The quantitative estimate of drug-likeness (QED) is 0.708. The molecule has 0 aromatic heterocycles. The zero-order valence-electron chi connectivity index (χ0n) is 7.42. The maximum absolute atomic E-state index is 9.48. The third kappa shape index (κ3) is 3.04. The molecule has 0 aromatic carbocycles. The number of rotatable bonds is 3. The predicted molar refractivity (Wildman–Crippen MR) is 50.9 cm³/mol. The van der Waals surface area contributed by atoms with Crippen molar-refractivity contribution >= 4 is 11.8 Å². The lowest BCUT2D eigenvalue weighted by atomic mass is 10.3. The molecule has 1 rings (SSSR count). The Hall–Kier alpha value is 0.310. The summed E-state index contributed by atoms with van der Waals surface area (Å²) in [6.45, 7) is 4.46. The van der Waals surface area contributed by atoms with Crippen LogP contribution in [0.3, 0.4) is 0 Å². The smallest absolute Gasteiger partial charge is 0.0658 e. The molecule has 2 atom stereocenters. The molecule has 0 unspecified atom stereocenters. The summed E-state index contributed by atoms with van der Waals surface area (Å²) >= 11 is 1.95. The van der Waals surface area contributed by atoms with Crippen LogP contribution in [0.5, 0.6) is 0 Å². The highest BCUT2D eigenvalue weighted by Gasteiger charge is 2.25. The van der Waals surface area contributed by atoms with E-state index in [1.165, 1.54) is 18.6 Å². The molecule has 0 saturated heterocycles. The average Bonchev–Trinajstić information content (AvgIpc) is 2.31. The van der Waals surface area contributed by atoms with Crippen molar-refractivity contribution < 1.29 is 5.11 Å². The molecule has 66 valence electrons. The van der Waals surface area contributed by atoms with Gasteiger partial charge in [-0.25, -0.2) is 0 Å². The van der Waals surface area contributed by atoms with Gasteiger partial charge in [0.1, 0.15) is 0 Å². The van der Waals surface area contributed by atoms with E-state index < -0.39 is 0 Å². The third-order valence-corrected chi connectivity index (χ3v) is 3.90. The lowest BCUT2D eigenvalue weighted by Crippen LogP contribution is -2.16. The van der Waals surface area contributed by atoms with Crippen molar-refractivity contribution in [2.24, 2.45) is 5.92 Å². The van der Waals surface area contributed by atoms with E-state index in [2.05, 4.69) is 13.8 Å². The molecule has 1 fully saturated rings. The molecule has 0 bridgehead atoms. The maximum Gasteiger partial charge on any atom is 0.0658 e. The topological polar surface area (TPSA) is 20.2 Å². The van der Waals surface area contributed by atoms with Gasteiger partial charge < -0.3 is 5.11 Å². The first-order valence-electron chi connectivity index (χ1n) is 4.50. The standard InChI is InChI=1S/C9H18OS/c1-7(2)6-11-9-5-3-4-8(9)10/h7-10H,3-6H2,1-2H3/t8-,9-/m0/s1. The SMILES string of the molecule is CC(C)CS[C@H]1CCC[C@@H]1O. The van der Waals surface area contributed by atoms with Crippen molar-refractivity contribution in [3.8, 4) is 0 Å². The molecule has 1 aliphatic rings. The molecule has 0 aliphatic heterocycles. The number of hydrogen-bond donors (Lipinski definition) is 1. The fourth-order valence-corrected chi connectivity index (χ4v) is 2.74. The van der Waals surface area contributed by atoms with Gasteiger partial charge in [0.25, 0.3) is 0 Å². The number of aliphatic hydroxyl groups excluding tert-OH is 1. The van der Waals surface area contributed by atoms with Gasteiger partial charge in [-0.3, -0.25) is 0 Å². The van der Waals surface area contributed by atoms with Crippen LogP contribution >= 0.6 is 11.8 Å². The molecule has 0 heterocycles. The highest BCUT2D eigenvalue weighted by molar-refractivity contribution is 7.99. The molecule has 1 saturated carbocycles. The highest BCUT2D eigenvalue weighted by Crippen LogP contribution is 2.30. The van der Waals surface area contributed by atoms with E-state index in [-0.39, 0.29) is 6.10 Å². The summed E-state index contributed by atoms with van der Waals surface area (Å²) < 4.78 is 0. The van der Waals surface area contributed by atoms with Crippen LogP contribution < -0.4 is 0 Å². The Labute approximate surface area is 73.6 Å². The van der Waals surface area contributed by atoms with Gasteiger partial charge in [0, 0.05) is 5.25 Å². The van der Waals surface area contributed by atoms with Gasteiger partial charge >= 0.3 is 0 Å². The van der Waals surface area contributed by atoms with Gasteiger partial charge in [-0.15, -0.1) is 0 Å². The zero-order valence-corrected chi connectivity index (χ0v) is 8.23. The van der Waals surface area contributed by atoms with Gasteiger partial charge in [0.15, 0.2) is 0 Å². The van der Waals surface area contributed by atoms with Gasteiger partial charge in [0.05, 0.1) is 6.10 Å². The van der Waals surface area contributed by atoms with Crippen molar-refractivity contribution in [1.82, 2.24) is 0 Å². The van der Waals surface area contributed by atoms with E-state index in [4.69, 9.17) is 0 Å². The van der Waals surface area contributed by atoms with Gasteiger partial charge in [-0.05, 0) is 30.9 Å². The first-order valence-corrected chi connectivity index (χ1v) is 5.54. The van der Waals surface area contributed by atoms with E-state index >= 15 is 0 Å². The Morgan fingerprint density at radius 3 is 2.64 bits per heavy atom. The lowest BCUT2D eigenvalue weighted by Gasteiger charge is -2.14. The van der Waals surface area contributed by atoms with Gasteiger partial charge in [-0.1, -0.05) is 13.8 Å². The third-order valence-electron chi connectivity index (χ3n) is 2.06. The fourth-order valence-electron chi connectivity index (χ4n) is 1.42. The van der Waals surface area contributed by atoms with Crippen LogP contribution in [0.25, 0.3) is 0 Å². The number of thioether (sulfide) groups is 1. The minimum atomic E-state index is -0.0150. The van der Waals surface area contributed by atoms with Crippen molar-refractivity contribution in [3.63, 3.8) is 0 Å². The van der Waals surface area contributed by atoms with Crippen LogP contribution in [0.15, 0.2) is 0 Å². The Morgan fingerprint density at radius 1 is 1.45 bits per heavy atom. The summed E-state index contributed by atoms with van der Waals surface area (Å²) in [5.74, 6) is 1.95. The molecular weight excluding hydrogens is 156 g/mol. The van der Waals surface area contributed by atoms with Crippen LogP contribution in [0.2, 0.25) is 0 Å². The zero-order chi connectivity index (χ0) is 8.27. The first kappa shape index (κ1) is 9.40. The second-order valence-electron chi connectivity index (χ2n) is 3.76. The molecule has 2 heteroatoms. The fraction of sp³-hybridized carbons (Fsp3) is 1.00. The molecule has 0 radical (unpaired) electrons. The van der Waals surface area contributed by atoms with Crippen molar-refractivity contribution in [2.75, 3.05) is 5.75 Å². The summed E-state index contributed by atoms with van der Waals surface area (Å²) in [7, 11) is 0. The molecule has 0 aromatic rings. The summed E-state index contributed by atoms with van der Waals surface area (Å²) in [5.41, 5.74) is 0. The van der Waals surface area contributed by atoms with E-state index in [1.807, 2.05) is 11.8 Å². The van der Waals surface area contributed by atoms with Crippen molar-refractivity contribution in [1.29, 1.82) is 0 Å². The monoisotopic (exact) mass is 174 g/mol. The van der Waals surface area contributed by atoms with E-state index in [9.17, 15) is 5.11 Å². The van der Waals surface area contributed by atoms with Crippen LogP contribution in [0.1, 0.15) is 33.1 Å². The average molecular weight is 174 g/mol. The number of hydrogen-bond acceptors (Lipinski definition) is 2. The summed E-state index contributed by atoms with van der Waals surface area (Å²) in [6, 6.07) is 0. The normalized spacial score (nSPS) is 31.6. The second kappa shape index (κ2) is 4.36. The molecular formula is C9H18OS. The van der Waals surface area contributed by atoms with Crippen LogP contribution in [-0.2, 0) is 0 Å². The van der Waals surface area contributed by atoms with Crippen LogP contribution in [-0.4, -0.2) is 22.2 Å². The van der Waals surface area contributed by atoms with E-state index in [0.717, 1.165) is 12.3 Å². The molecule has 1 nitrogen and oxygen atoms in total. The van der Waals surface area contributed by atoms with Gasteiger partial charge in [-0.2, -0.15) is 11.8 Å². The largest absolute Gasteiger partial charge is 0.392 e. The Morgan fingerprint density at radius 2 is 2.18 bits per heavy atom.